The van der Waals surface area contributed by atoms with Crippen molar-refractivity contribution in [2.75, 3.05) is 0 Å². The Kier molecular flexibility index (Phi) is 4.73. The van der Waals surface area contributed by atoms with Gasteiger partial charge < -0.3 is 9.94 Å². The lowest BCUT2D eigenvalue weighted by Crippen LogP contribution is -2.60. The molecule has 0 bridgehead atoms. The predicted molar refractivity (Wildman–Crippen MR) is 86.4 cm³/mol. The summed E-state index contributed by atoms with van der Waals surface area (Å²) >= 11 is 0. The topological polar surface area (TPSA) is 49.8 Å². The summed E-state index contributed by atoms with van der Waals surface area (Å²) < 4.78 is 5.57. The third-order valence-corrected chi connectivity index (χ3v) is 4.10. The van der Waals surface area contributed by atoms with Crippen molar-refractivity contribution in [1.82, 2.24) is 5.06 Å². The molecule has 0 radical (unpaired) electrons. The zero-order valence-electron chi connectivity index (χ0n) is 13.7. The van der Waals surface area contributed by atoms with Crippen molar-refractivity contribution in [3.8, 4) is 0 Å². The number of carbonyl (C=O) groups is 1. The minimum Gasteiger partial charge on any atom is -0.459 e. The quantitative estimate of drug-likeness (QED) is 0.684. The number of hydrogen-bond donors (Lipinski definition) is 1. The molecule has 0 aliphatic carbocycles. The van der Waals surface area contributed by atoms with E-state index < -0.39 is 11.1 Å². The van der Waals surface area contributed by atoms with Crippen LogP contribution in [0.5, 0.6) is 0 Å². The maximum atomic E-state index is 12.0. The van der Waals surface area contributed by atoms with Crippen molar-refractivity contribution in [2.45, 2.75) is 57.7 Å². The van der Waals surface area contributed by atoms with Gasteiger partial charge in [0.15, 0.2) is 0 Å². The zero-order chi connectivity index (χ0) is 16.4. The molecule has 0 amide bonds. The van der Waals surface area contributed by atoms with Crippen LogP contribution in [0.25, 0.3) is 6.08 Å². The molecule has 1 fully saturated rings. The van der Waals surface area contributed by atoms with E-state index in [1.165, 1.54) is 11.1 Å². The summed E-state index contributed by atoms with van der Waals surface area (Å²) in [5.41, 5.74) is 0.122. The van der Waals surface area contributed by atoms with Crippen LogP contribution in [0.4, 0.5) is 0 Å². The first-order chi connectivity index (χ1) is 10.2. The van der Waals surface area contributed by atoms with Crippen LogP contribution in [-0.2, 0) is 9.53 Å². The van der Waals surface area contributed by atoms with Gasteiger partial charge >= 0.3 is 5.97 Å². The molecular formula is C18H25NO3. The highest BCUT2D eigenvalue weighted by Gasteiger charge is 2.46. The average molecular weight is 303 g/mol. The van der Waals surface area contributed by atoms with E-state index in [0.29, 0.717) is 12.8 Å². The molecular weight excluding hydrogens is 278 g/mol. The molecule has 0 unspecified atom stereocenters. The van der Waals surface area contributed by atoms with Crippen LogP contribution in [0.3, 0.4) is 0 Å². The number of rotatable bonds is 3. The molecule has 22 heavy (non-hydrogen) atoms. The van der Waals surface area contributed by atoms with Gasteiger partial charge in [-0.3, -0.25) is 0 Å². The first kappa shape index (κ1) is 16.7. The maximum Gasteiger partial charge on any atom is 0.331 e. The second-order valence-electron chi connectivity index (χ2n) is 7.15. The van der Waals surface area contributed by atoms with E-state index in [1.807, 2.05) is 58.0 Å². The first-order valence-electron chi connectivity index (χ1n) is 7.64. The SMILES string of the molecule is CC1(C)CC(OC(=O)/C=C/c2ccccc2)CC(C)(C)N1O. The number of benzene rings is 1. The van der Waals surface area contributed by atoms with Gasteiger partial charge in [-0.1, -0.05) is 30.3 Å². The van der Waals surface area contributed by atoms with E-state index in [0.717, 1.165) is 5.56 Å². The number of carbonyl (C=O) groups excluding carboxylic acids is 1. The summed E-state index contributed by atoms with van der Waals surface area (Å²) in [5.74, 6) is -0.341. The molecule has 1 aliphatic heterocycles. The van der Waals surface area contributed by atoms with E-state index in [-0.39, 0.29) is 12.1 Å². The Morgan fingerprint density at radius 1 is 1.18 bits per heavy atom. The molecule has 120 valence electrons. The number of piperidine rings is 1. The summed E-state index contributed by atoms with van der Waals surface area (Å²) in [6.07, 6.45) is 4.23. The van der Waals surface area contributed by atoms with E-state index in [9.17, 15) is 10.0 Å². The lowest BCUT2D eigenvalue weighted by atomic mass is 9.80. The van der Waals surface area contributed by atoms with Gasteiger partial charge in [0.05, 0.1) is 0 Å². The standard InChI is InChI=1S/C18H25NO3/c1-17(2)12-15(13-18(3,4)19(17)21)22-16(20)11-10-14-8-6-5-7-9-14/h5-11,15,21H,12-13H2,1-4H3/b11-10+. The van der Waals surface area contributed by atoms with Crippen LogP contribution >= 0.6 is 0 Å². The highest BCUT2D eigenvalue weighted by Crippen LogP contribution is 2.37. The third-order valence-electron chi connectivity index (χ3n) is 4.10. The molecule has 1 N–H and O–H groups in total. The van der Waals surface area contributed by atoms with Crippen LogP contribution in [0.1, 0.15) is 46.1 Å². The van der Waals surface area contributed by atoms with Gasteiger partial charge in [0.1, 0.15) is 6.10 Å². The molecule has 0 aromatic heterocycles. The molecule has 1 aromatic rings. The number of hydroxylamine groups is 2. The summed E-state index contributed by atoms with van der Waals surface area (Å²) in [6.45, 7) is 7.81. The third kappa shape index (κ3) is 3.96. The van der Waals surface area contributed by atoms with Crippen LogP contribution in [-0.4, -0.2) is 33.4 Å². The molecule has 1 aliphatic rings. The van der Waals surface area contributed by atoms with Gasteiger partial charge in [-0.25, -0.2) is 4.79 Å². The van der Waals surface area contributed by atoms with E-state index in [2.05, 4.69) is 0 Å². The Labute approximate surface area is 132 Å². The van der Waals surface area contributed by atoms with Gasteiger partial charge in [0.2, 0.25) is 0 Å². The summed E-state index contributed by atoms with van der Waals surface area (Å²) in [6, 6.07) is 9.64. The van der Waals surface area contributed by atoms with E-state index in [4.69, 9.17) is 4.74 Å². The van der Waals surface area contributed by atoms with Crippen LogP contribution in [0.15, 0.2) is 36.4 Å². The normalized spacial score (nSPS) is 21.9. The van der Waals surface area contributed by atoms with Crippen LogP contribution in [0.2, 0.25) is 0 Å². The van der Waals surface area contributed by atoms with Gasteiger partial charge in [0, 0.05) is 30.0 Å². The van der Waals surface area contributed by atoms with E-state index in [1.54, 1.807) is 6.08 Å². The summed E-state index contributed by atoms with van der Waals surface area (Å²) in [4.78, 5) is 12.0. The number of ether oxygens (including phenoxy) is 1. The molecule has 0 atom stereocenters. The van der Waals surface area contributed by atoms with Crippen LogP contribution in [0, 0.1) is 0 Å². The van der Waals surface area contributed by atoms with Crippen molar-refractivity contribution >= 4 is 12.0 Å². The fourth-order valence-corrected chi connectivity index (χ4v) is 3.19. The lowest BCUT2D eigenvalue weighted by molar-refractivity contribution is -0.259. The Hall–Kier alpha value is -1.65. The summed E-state index contributed by atoms with van der Waals surface area (Å²) in [5, 5.41) is 11.6. The molecule has 1 saturated heterocycles. The molecule has 2 rings (SSSR count). The Morgan fingerprint density at radius 3 is 2.27 bits per heavy atom. The van der Waals surface area contributed by atoms with Crippen molar-refractivity contribution in [1.29, 1.82) is 0 Å². The lowest BCUT2D eigenvalue weighted by Gasteiger charge is -2.50. The molecule has 1 heterocycles. The summed E-state index contributed by atoms with van der Waals surface area (Å²) in [7, 11) is 0. The van der Waals surface area contributed by atoms with Gasteiger partial charge in [-0.15, -0.1) is 0 Å². The number of hydrogen-bond acceptors (Lipinski definition) is 4. The van der Waals surface area contributed by atoms with Crippen molar-refractivity contribution in [3.63, 3.8) is 0 Å². The molecule has 4 nitrogen and oxygen atoms in total. The van der Waals surface area contributed by atoms with Crippen molar-refractivity contribution in [3.05, 3.63) is 42.0 Å². The smallest absolute Gasteiger partial charge is 0.331 e. The van der Waals surface area contributed by atoms with Crippen molar-refractivity contribution < 1.29 is 14.7 Å². The fourth-order valence-electron chi connectivity index (χ4n) is 3.19. The second-order valence-corrected chi connectivity index (χ2v) is 7.15. The molecule has 4 heteroatoms. The van der Waals surface area contributed by atoms with Gasteiger partial charge in [0.25, 0.3) is 0 Å². The predicted octanol–water partition coefficient (Wildman–Crippen LogP) is 3.65. The second kappa shape index (κ2) is 6.23. The molecule has 1 aromatic carbocycles. The molecule has 0 saturated carbocycles. The highest BCUT2D eigenvalue weighted by atomic mass is 16.5. The monoisotopic (exact) mass is 303 g/mol. The Morgan fingerprint density at radius 2 is 1.73 bits per heavy atom. The van der Waals surface area contributed by atoms with Gasteiger partial charge in [-0.05, 0) is 39.3 Å². The van der Waals surface area contributed by atoms with Gasteiger partial charge in [-0.2, -0.15) is 5.06 Å². The Balaban J connectivity index is 1.99. The highest BCUT2D eigenvalue weighted by molar-refractivity contribution is 5.87. The van der Waals surface area contributed by atoms with E-state index >= 15 is 0 Å². The largest absolute Gasteiger partial charge is 0.459 e. The zero-order valence-corrected chi connectivity index (χ0v) is 13.7. The Bertz CT molecular complexity index is 531. The minimum atomic E-state index is -0.421. The van der Waals surface area contributed by atoms with Crippen molar-refractivity contribution in [2.24, 2.45) is 0 Å². The number of esters is 1. The first-order valence-corrected chi connectivity index (χ1v) is 7.64. The fraction of sp³-hybridized carbons (Fsp3) is 0.500. The minimum absolute atomic E-state index is 0.193. The number of nitrogens with zero attached hydrogens (tertiary/aromatic N) is 1. The maximum absolute atomic E-state index is 12.0. The average Bonchev–Trinajstić information content (AvgIpc) is 2.43. The molecule has 0 spiro atoms. The van der Waals surface area contributed by atoms with Crippen LogP contribution < -0.4 is 0 Å².